The van der Waals surface area contributed by atoms with E-state index in [1.54, 1.807) is 25.4 Å². The number of hydrogen-bond donors (Lipinski definition) is 2. The Kier molecular flexibility index (Phi) is 9.73. The average Bonchev–Trinajstić information content (AvgIpc) is 3.50. The minimum Gasteiger partial charge on any atom is -0.355 e. The summed E-state index contributed by atoms with van der Waals surface area (Å²) in [4.78, 5) is 67.3. The Morgan fingerprint density at radius 1 is 1.08 bits per heavy atom. The fourth-order valence-corrected chi connectivity index (χ4v) is 7.08. The molecule has 4 heterocycles. The third-order valence-corrected chi connectivity index (χ3v) is 9.77. The molecular formula is C37H39F3N8O4. The Morgan fingerprint density at radius 2 is 1.81 bits per heavy atom. The minimum atomic E-state index is -4.73. The van der Waals surface area contributed by atoms with Crippen molar-refractivity contribution in [2.45, 2.75) is 84.6 Å². The van der Waals surface area contributed by atoms with Crippen LogP contribution in [0.5, 0.6) is 0 Å². The molecule has 12 nitrogen and oxygen atoms in total. The van der Waals surface area contributed by atoms with E-state index in [2.05, 4.69) is 37.3 Å². The molecule has 1 saturated carbocycles. The van der Waals surface area contributed by atoms with E-state index in [1.807, 2.05) is 19.1 Å². The number of amides is 3. The number of fused-ring (bicyclic) bond motifs is 2. The Balaban J connectivity index is 1.36. The van der Waals surface area contributed by atoms with Crippen molar-refractivity contribution in [3.63, 3.8) is 0 Å². The topological polar surface area (TPSA) is 152 Å². The van der Waals surface area contributed by atoms with Gasteiger partial charge in [-0.25, -0.2) is 15.0 Å². The van der Waals surface area contributed by atoms with Crippen LogP contribution in [0.3, 0.4) is 0 Å². The van der Waals surface area contributed by atoms with E-state index < -0.39 is 41.2 Å². The minimum absolute atomic E-state index is 0.150. The number of ketones is 1. The Hall–Kier alpha value is -5.47. The van der Waals surface area contributed by atoms with Gasteiger partial charge in [0.15, 0.2) is 5.78 Å². The van der Waals surface area contributed by atoms with Gasteiger partial charge in [-0.2, -0.15) is 18.3 Å². The summed E-state index contributed by atoms with van der Waals surface area (Å²) in [5.41, 5.74) is 1.49. The largest absolute Gasteiger partial charge is 0.433 e. The second-order valence-electron chi connectivity index (χ2n) is 13.6. The highest BCUT2D eigenvalue weighted by atomic mass is 19.4. The highest BCUT2D eigenvalue weighted by Crippen LogP contribution is 2.59. The monoisotopic (exact) mass is 716 g/mol. The van der Waals surface area contributed by atoms with Gasteiger partial charge in [0, 0.05) is 54.7 Å². The zero-order chi connectivity index (χ0) is 37.5. The SMILES string of the molecule is C=CCc1cc(-c2cnc(C)nc2)cc2c(C(C)=O)nn(CC(=O)N3[C@H](C(=O)Nc4nc(C(F)(F)F)ccc4C)C[C@@]4(CNC(=O)CCC)C[C@@H]34)c12. The molecule has 1 aliphatic heterocycles. The first-order chi connectivity index (χ1) is 24.7. The van der Waals surface area contributed by atoms with E-state index in [0.717, 1.165) is 22.8 Å². The van der Waals surface area contributed by atoms with Gasteiger partial charge in [-0.05, 0) is 74.4 Å². The van der Waals surface area contributed by atoms with Gasteiger partial charge in [0.1, 0.15) is 35.6 Å². The number of nitrogens with zero attached hydrogens (tertiary/aromatic N) is 6. The molecule has 3 atom stereocenters. The molecule has 1 saturated heterocycles. The van der Waals surface area contributed by atoms with Crippen molar-refractivity contribution in [1.82, 2.24) is 34.9 Å². The number of rotatable bonds is 12. The van der Waals surface area contributed by atoms with Crippen LogP contribution >= 0.6 is 0 Å². The number of pyridine rings is 1. The van der Waals surface area contributed by atoms with Gasteiger partial charge in [0.2, 0.25) is 17.7 Å². The first-order valence-corrected chi connectivity index (χ1v) is 17.0. The lowest BCUT2D eigenvalue weighted by atomic mass is 9.98. The average molecular weight is 717 g/mol. The number of allylic oxidation sites excluding steroid dienone is 1. The summed E-state index contributed by atoms with van der Waals surface area (Å²) < 4.78 is 41.9. The number of aromatic nitrogens is 5. The number of likely N-dealkylation sites (tertiary alicyclic amines) is 1. The van der Waals surface area contributed by atoms with E-state index in [4.69, 9.17) is 0 Å². The van der Waals surface area contributed by atoms with Crippen LogP contribution in [-0.4, -0.2) is 71.8 Å². The lowest BCUT2D eigenvalue weighted by molar-refractivity contribution is -0.141. The number of aryl methyl sites for hydroxylation is 2. The summed E-state index contributed by atoms with van der Waals surface area (Å²) in [6.45, 7) is 10.4. The molecule has 0 bridgehead atoms. The lowest BCUT2D eigenvalue weighted by Crippen LogP contribution is -2.47. The predicted octanol–water partition coefficient (Wildman–Crippen LogP) is 5.37. The van der Waals surface area contributed by atoms with Crippen molar-refractivity contribution in [3.05, 3.63) is 77.7 Å². The quantitative estimate of drug-likeness (QED) is 0.147. The summed E-state index contributed by atoms with van der Waals surface area (Å²) >= 11 is 0. The van der Waals surface area contributed by atoms with Crippen molar-refractivity contribution < 1.29 is 32.3 Å². The summed E-state index contributed by atoms with van der Waals surface area (Å²) in [7, 11) is 0. The van der Waals surface area contributed by atoms with Crippen molar-refractivity contribution in [2.75, 3.05) is 11.9 Å². The fourth-order valence-electron chi connectivity index (χ4n) is 7.08. The van der Waals surface area contributed by atoms with Gasteiger partial charge in [-0.1, -0.05) is 19.1 Å². The van der Waals surface area contributed by atoms with Crippen LogP contribution in [0.1, 0.15) is 72.7 Å². The van der Waals surface area contributed by atoms with Gasteiger partial charge in [0.25, 0.3) is 0 Å². The molecule has 0 spiro atoms. The third kappa shape index (κ3) is 7.03. The normalized spacial score (nSPS) is 19.3. The number of carbonyl (C=O) groups is 4. The second kappa shape index (κ2) is 13.9. The number of carbonyl (C=O) groups excluding carboxylic acids is 4. The van der Waals surface area contributed by atoms with Crippen molar-refractivity contribution >= 4 is 40.2 Å². The molecular weight excluding hydrogens is 677 g/mol. The van der Waals surface area contributed by atoms with Crippen LogP contribution in [0.4, 0.5) is 19.0 Å². The van der Waals surface area contributed by atoms with E-state index >= 15 is 0 Å². The van der Waals surface area contributed by atoms with Crippen molar-refractivity contribution in [1.29, 1.82) is 0 Å². The van der Waals surface area contributed by atoms with Gasteiger partial charge in [-0.15, -0.1) is 6.58 Å². The molecule has 2 N–H and O–H groups in total. The van der Waals surface area contributed by atoms with Gasteiger partial charge in [0.05, 0.1) is 5.52 Å². The zero-order valence-corrected chi connectivity index (χ0v) is 29.3. The molecule has 1 aliphatic carbocycles. The van der Waals surface area contributed by atoms with Crippen LogP contribution in [-0.2, 0) is 33.5 Å². The molecule has 3 amide bonds. The summed E-state index contributed by atoms with van der Waals surface area (Å²) in [6, 6.07) is 4.29. The highest BCUT2D eigenvalue weighted by Gasteiger charge is 2.67. The number of halogens is 3. The van der Waals surface area contributed by atoms with Gasteiger partial charge in [-0.3, -0.25) is 23.9 Å². The Bertz CT molecular complexity index is 2090. The molecule has 15 heteroatoms. The van der Waals surface area contributed by atoms with Crippen molar-refractivity contribution in [3.8, 4) is 11.1 Å². The Morgan fingerprint density at radius 3 is 2.46 bits per heavy atom. The predicted molar refractivity (Wildman–Crippen MR) is 186 cm³/mol. The summed E-state index contributed by atoms with van der Waals surface area (Å²) in [5.74, 6) is -1.29. The number of Topliss-reactive ketones (excluding diaryl/α,β-unsaturated/α-hetero) is 1. The molecule has 1 aromatic carbocycles. The molecule has 2 fully saturated rings. The van der Waals surface area contributed by atoms with Gasteiger partial charge >= 0.3 is 6.18 Å². The number of benzene rings is 1. The van der Waals surface area contributed by atoms with E-state index in [-0.39, 0.29) is 42.7 Å². The number of alkyl halides is 3. The highest BCUT2D eigenvalue weighted by molar-refractivity contribution is 6.07. The molecule has 0 unspecified atom stereocenters. The maximum absolute atomic E-state index is 14.4. The standard InChI is InChI=1S/C37H39F3N8O4/c1-6-8-23-12-24(25-16-41-22(5)42-17-25)13-26-32(21(4)49)46-47(33(23)26)18-31(51)48-27(14-36(15-29(36)48)19-43-30(50)9-7-2)35(52)45-34-20(3)10-11-28(44-34)37(38,39)40/h6,10-13,16-17,27,29H,1,7-9,14-15,18-19H2,2-5H3,(H,43,50)(H,44,45,52)/t27-,29+,36-/m0/s1. The van der Waals surface area contributed by atoms with Crippen LogP contribution in [0.2, 0.25) is 0 Å². The Labute approximate surface area is 297 Å². The smallest absolute Gasteiger partial charge is 0.355 e. The number of piperidine rings is 1. The van der Waals surface area contributed by atoms with Crippen molar-refractivity contribution in [2.24, 2.45) is 5.41 Å². The first kappa shape index (κ1) is 36.3. The van der Waals surface area contributed by atoms with Crippen LogP contribution in [0.15, 0.2) is 49.3 Å². The van der Waals surface area contributed by atoms with Gasteiger partial charge < -0.3 is 15.5 Å². The fraction of sp³-hybridized carbons (Fsp3) is 0.405. The number of nitrogens with one attached hydrogen (secondary N) is 2. The molecule has 2 aliphatic rings. The van der Waals surface area contributed by atoms with E-state index in [9.17, 15) is 32.3 Å². The first-order valence-electron chi connectivity index (χ1n) is 17.0. The summed E-state index contributed by atoms with van der Waals surface area (Å²) in [6.07, 6.45) is 2.41. The van der Waals surface area contributed by atoms with E-state index in [1.165, 1.54) is 29.5 Å². The van der Waals surface area contributed by atoms with Crippen LogP contribution in [0, 0.1) is 19.3 Å². The van der Waals surface area contributed by atoms with E-state index in [0.29, 0.717) is 48.0 Å². The number of anilines is 1. The molecule has 272 valence electrons. The summed E-state index contributed by atoms with van der Waals surface area (Å²) in [5, 5.41) is 10.6. The molecule has 3 aromatic heterocycles. The number of hydrogen-bond acceptors (Lipinski definition) is 8. The maximum atomic E-state index is 14.4. The van der Waals surface area contributed by atoms with Crippen LogP contribution < -0.4 is 10.6 Å². The third-order valence-electron chi connectivity index (χ3n) is 9.77. The zero-order valence-electron chi connectivity index (χ0n) is 29.3. The molecule has 0 radical (unpaired) electrons. The maximum Gasteiger partial charge on any atom is 0.433 e. The van der Waals surface area contributed by atoms with Crippen LogP contribution in [0.25, 0.3) is 22.0 Å². The molecule has 6 rings (SSSR count). The molecule has 52 heavy (non-hydrogen) atoms. The second-order valence-corrected chi connectivity index (χ2v) is 13.6. The lowest BCUT2D eigenvalue weighted by Gasteiger charge is -2.27. The molecule has 4 aromatic rings.